The topological polar surface area (TPSA) is 0 Å². The summed E-state index contributed by atoms with van der Waals surface area (Å²) in [6, 6.07) is 4.81. The Balaban J connectivity index is 3.14. The minimum absolute atomic E-state index is 0.593. The fourth-order valence-corrected chi connectivity index (χ4v) is 0.966. The van der Waals surface area contributed by atoms with Gasteiger partial charge in [-0.3, -0.25) is 0 Å². The summed E-state index contributed by atoms with van der Waals surface area (Å²) < 4.78 is 37.5. The summed E-state index contributed by atoms with van der Waals surface area (Å²) in [5, 5.41) is 0. The molecule has 0 aromatic heterocycles. The van der Waals surface area contributed by atoms with Gasteiger partial charge in [-0.05, 0) is 12.1 Å². The van der Waals surface area contributed by atoms with Crippen molar-refractivity contribution in [1.82, 2.24) is 0 Å². The molecule has 0 saturated carbocycles. The smallest absolute Gasteiger partial charge is 0.206 e. The first-order valence-electron chi connectivity index (χ1n) is 2.93. The molecule has 0 bridgehead atoms. The molecule has 0 aliphatic heterocycles. The SMILES string of the molecule is Fc1ccccc1C(F)(F)P. The fourth-order valence-electron chi connectivity index (χ4n) is 0.732. The molecule has 0 N–H and O–H groups in total. The summed E-state index contributed by atoms with van der Waals surface area (Å²) in [6.45, 7) is 0. The summed E-state index contributed by atoms with van der Waals surface area (Å²) in [5.41, 5.74) is -3.77. The summed E-state index contributed by atoms with van der Waals surface area (Å²) >= 11 is 0. The molecule has 0 nitrogen and oxygen atoms in total. The van der Waals surface area contributed by atoms with E-state index in [0.717, 1.165) is 12.1 Å². The third-order valence-corrected chi connectivity index (χ3v) is 1.54. The summed E-state index contributed by atoms with van der Waals surface area (Å²) in [4.78, 5) is 0. The van der Waals surface area contributed by atoms with Gasteiger partial charge in [0.15, 0.2) is 0 Å². The molecular weight excluding hydrogens is 172 g/mol. The molecule has 1 unspecified atom stereocenters. The predicted molar refractivity (Wildman–Crippen MR) is 40.0 cm³/mol. The molecule has 1 rings (SSSR count). The molecule has 4 heteroatoms. The van der Waals surface area contributed by atoms with E-state index in [-0.39, 0.29) is 0 Å². The molecule has 0 radical (unpaired) electrons. The number of hydrogen-bond acceptors (Lipinski definition) is 0. The zero-order chi connectivity index (χ0) is 8.48. The quantitative estimate of drug-likeness (QED) is 0.580. The Bertz CT molecular complexity index is 254. The monoisotopic (exact) mass is 178 g/mol. The highest BCUT2D eigenvalue weighted by Crippen LogP contribution is 2.35. The summed E-state index contributed by atoms with van der Waals surface area (Å²) in [5.74, 6) is -0.882. The van der Waals surface area contributed by atoms with Crippen LogP contribution in [0.1, 0.15) is 5.56 Å². The number of rotatable bonds is 1. The number of benzene rings is 1. The van der Waals surface area contributed by atoms with Crippen LogP contribution < -0.4 is 0 Å². The fraction of sp³-hybridized carbons (Fsp3) is 0.143. The predicted octanol–water partition coefficient (Wildman–Crippen LogP) is 2.75. The lowest BCUT2D eigenvalue weighted by molar-refractivity contribution is 0.0992. The van der Waals surface area contributed by atoms with Crippen LogP contribution in [0.4, 0.5) is 13.2 Å². The van der Waals surface area contributed by atoms with Gasteiger partial charge in [-0.1, -0.05) is 21.4 Å². The maximum atomic E-state index is 12.6. The molecule has 0 heterocycles. The first-order chi connectivity index (χ1) is 5.02. The lowest BCUT2D eigenvalue weighted by atomic mass is 10.2. The third-order valence-electron chi connectivity index (χ3n) is 1.23. The molecule has 60 valence electrons. The molecule has 0 saturated heterocycles. The zero-order valence-electron chi connectivity index (χ0n) is 5.52. The molecule has 11 heavy (non-hydrogen) atoms. The van der Waals surface area contributed by atoms with E-state index in [1.165, 1.54) is 21.4 Å². The maximum Gasteiger partial charge on any atom is 0.286 e. The minimum Gasteiger partial charge on any atom is -0.206 e. The highest BCUT2D eigenvalue weighted by molar-refractivity contribution is 7.17. The second-order valence-electron chi connectivity index (χ2n) is 2.10. The van der Waals surface area contributed by atoms with Gasteiger partial charge in [0, 0.05) is 0 Å². The van der Waals surface area contributed by atoms with E-state index in [2.05, 4.69) is 0 Å². The minimum atomic E-state index is -3.18. The lowest BCUT2D eigenvalue weighted by Crippen LogP contribution is -2.04. The van der Waals surface area contributed by atoms with E-state index in [1.807, 2.05) is 0 Å². The molecule has 1 aromatic rings. The number of alkyl halides is 2. The van der Waals surface area contributed by atoms with Crippen LogP contribution in [0.15, 0.2) is 24.3 Å². The first-order valence-corrected chi connectivity index (χ1v) is 3.51. The van der Waals surface area contributed by atoms with Crippen LogP contribution in [-0.4, -0.2) is 0 Å². The lowest BCUT2D eigenvalue weighted by Gasteiger charge is -2.10. The van der Waals surface area contributed by atoms with Crippen LogP contribution >= 0.6 is 9.24 Å². The average molecular weight is 178 g/mol. The van der Waals surface area contributed by atoms with E-state index < -0.39 is 17.0 Å². The molecule has 0 aliphatic rings. The second-order valence-corrected chi connectivity index (χ2v) is 2.83. The molecule has 0 spiro atoms. The molecule has 0 amide bonds. The van der Waals surface area contributed by atoms with Gasteiger partial charge < -0.3 is 0 Å². The van der Waals surface area contributed by atoms with Crippen molar-refractivity contribution in [3.63, 3.8) is 0 Å². The van der Waals surface area contributed by atoms with Crippen LogP contribution in [0.5, 0.6) is 0 Å². The Morgan fingerprint density at radius 2 is 1.73 bits per heavy atom. The van der Waals surface area contributed by atoms with E-state index in [0.29, 0.717) is 0 Å². The Kier molecular flexibility index (Phi) is 2.19. The maximum absolute atomic E-state index is 12.6. The van der Waals surface area contributed by atoms with Crippen LogP contribution in [0, 0.1) is 5.82 Å². The number of hydrogen-bond donors (Lipinski definition) is 0. The van der Waals surface area contributed by atoms with E-state index in [1.54, 1.807) is 0 Å². The van der Waals surface area contributed by atoms with E-state index in [9.17, 15) is 13.2 Å². The van der Waals surface area contributed by atoms with Crippen molar-refractivity contribution in [2.45, 2.75) is 5.66 Å². The average Bonchev–Trinajstić information content (AvgIpc) is 1.86. The van der Waals surface area contributed by atoms with Gasteiger partial charge >= 0.3 is 0 Å². The normalized spacial score (nSPS) is 11.6. The van der Waals surface area contributed by atoms with Crippen molar-refractivity contribution in [1.29, 1.82) is 0 Å². The highest BCUT2D eigenvalue weighted by Gasteiger charge is 2.27. The first kappa shape index (κ1) is 8.54. The third kappa shape index (κ3) is 1.93. The van der Waals surface area contributed by atoms with Gasteiger partial charge in [0.1, 0.15) is 5.82 Å². The van der Waals surface area contributed by atoms with Gasteiger partial charge in [0.25, 0.3) is 5.66 Å². The molecule has 0 aliphatic carbocycles. The van der Waals surface area contributed by atoms with Crippen LogP contribution in [0.25, 0.3) is 0 Å². The zero-order valence-corrected chi connectivity index (χ0v) is 6.68. The highest BCUT2D eigenvalue weighted by atomic mass is 31.0. The molecule has 0 fully saturated rings. The molecule has 1 atom stereocenters. The van der Waals surface area contributed by atoms with Crippen molar-refractivity contribution >= 4 is 9.24 Å². The van der Waals surface area contributed by atoms with Crippen molar-refractivity contribution in [3.8, 4) is 0 Å². The van der Waals surface area contributed by atoms with E-state index in [4.69, 9.17) is 0 Å². The summed E-state index contributed by atoms with van der Waals surface area (Å²) in [6.07, 6.45) is 0. The standard InChI is InChI=1S/C7H6F3P/c8-6-4-2-1-3-5(6)7(9,10)11/h1-4H,11H2. The molecule has 1 aromatic carbocycles. The van der Waals surface area contributed by atoms with Gasteiger partial charge in [-0.15, -0.1) is 0 Å². The Hall–Kier alpha value is -0.560. The Labute approximate surface area is 64.6 Å². The Morgan fingerprint density at radius 1 is 1.18 bits per heavy atom. The van der Waals surface area contributed by atoms with Crippen molar-refractivity contribution in [3.05, 3.63) is 35.6 Å². The van der Waals surface area contributed by atoms with Crippen molar-refractivity contribution in [2.24, 2.45) is 0 Å². The van der Waals surface area contributed by atoms with Crippen LogP contribution in [-0.2, 0) is 5.66 Å². The summed E-state index contributed by atoms with van der Waals surface area (Å²) in [7, 11) is 1.29. The molecular formula is C7H6F3P. The van der Waals surface area contributed by atoms with Gasteiger partial charge in [-0.2, -0.15) is 8.78 Å². The number of halogens is 3. The van der Waals surface area contributed by atoms with Crippen molar-refractivity contribution < 1.29 is 13.2 Å². The van der Waals surface area contributed by atoms with E-state index >= 15 is 0 Å². The van der Waals surface area contributed by atoms with Crippen molar-refractivity contribution in [2.75, 3.05) is 0 Å². The van der Waals surface area contributed by atoms with Gasteiger partial charge in [-0.25, -0.2) is 4.39 Å². The Morgan fingerprint density at radius 3 is 2.09 bits per heavy atom. The largest absolute Gasteiger partial charge is 0.286 e. The second kappa shape index (κ2) is 2.82. The van der Waals surface area contributed by atoms with Gasteiger partial charge in [0.2, 0.25) is 0 Å². The van der Waals surface area contributed by atoms with Gasteiger partial charge in [0.05, 0.1) is 5.56 Å². The van der Waals surface area contributed by atoms with Crippen LogP contribution in [0.3, 0.4) is 0 Å². The van der Waals surface area contributed by atoms with Crippen LogP contribution in [0.2, 0.25) is 0 Å².